The first kappa shape index (κ1) is 42.9. The van der Waals surface area contributed by atoms with Gasteiger partial charge in [0, 0.05) is 12.8 Å². The van der Waals surface area contributed by atoms with Crippen LogP contribution >= 0.6 is 0 Å². The first-order valence-corrected chi connectivity index (χ1v) is 26.6. The van der Waals surface area contributed by atoms with Crippen LogP contribution in [0.2, 0.25) is 36.3 Å². The number of rotatable bonds is 14. The van der Waals surface area contributed by atoms with Crippen molar-refractivity contribution in [3.8, 4) is 0 Å². The van der Waals surface area contributed by atoms with Crippen LogP contribution in [0.3, 0.4) is 0 Å². The number of allylic oxidation sites excluding steroid dienone is 3. The highest BCUT2D eigenvalue weighted by atomic mass is 28.4. The molecule has 0 aromatic rings. The maximum Gasteiger partial charge on any atom is 0.192 e. The zero-order valence-corrected chi connectivity index (χ0v) is 37.2. The van der Waals surface area contributed by atoms with E-state index < -0.39 is 34.3 Å². The predicted octanol–water partition coefficient (Wildman–Crippen LogP) is 11.5. The zero-order valence-electron chi connectivity index (χ0n) is 35.2. The molecule has 4 saturated carbocycles. The van der Waals surface area contributed by atoms with Gasteiger partial charge in [-0.3, -0.25) is 4.79 Å². The molecule has 7 heteroatoms. The smallest absolute Gasteiger partial charge is 0.192 e. The van der Waals surface area contributed by atoms with E-state index in [4.69, 9.17) is 8.85 Å². The Kier molecular flexibility index (Phi) is 13.2. The normalized spacial score (nSPS) is 32.2. The molecule has 4 aliphatic carbocycles. The predicted molar refractivity (Wildman–Crippen MR) is 219 cm³/mol. The zero-order chi connectivity index (χ0) is 38.4. The molecule has 0 spiro atoms. The fraction of sp³-hybridized carbons (Fsp3) is 0.841. The van der Waals surface area contributed by atoms with Crippen molar-refractivity contribution in [1.29, 1.82) is 0 Å². The molecule has 4 fully saturated rings. The summed E-state index contributed by atoms with van der Waals surface area (Å²) in [5.74, 6) is 0.987. The number of aliphatic hydroxyl groups is 2. The van der Waals surface area contributed by atoms with E-state index in [1.807, 2.05) is 0 Å². The lowest BCUT2D eigenvalue weighted by molar-refractivity contribution is -0.132. The lowest BCUT2D eigenvalue weighted by Crippen LogP contribution is -2.49. The van der Waals surface area contributed by atoms with Gasteiger partial charge in [-0.25, -0.2) is 0 Å². The Morgan fingerprint density at radius 2 is 1.59 bits per heavy atom. The highest BCUT2D eigenvalue weighted by Gasteiger charge is 2.56. The summed E-state index contributed by atoms with van der Waals surface area (Å²) in [4.78, 5) is 13.5. The number of carbonyl (C=O) groups is 1. The van der Waals surface area contributed by atoms with Crippen molar-refractivity contribution in [2.75, 3.05) is 0 Å². The van der Waals surface area contributed by atoms with E-state index in [1.165, 1.54) is 17.6 Å². The third-order valence-electron chi connectivity index (χ3n) is 15.2. The van der Waals surface area contributed by atoms with Crippen molar-refractivity contribution in [3.05, 3.63) is 35.5 Å². The van der Waals surface area contributed by atoms with Crippen molar-refractivity contribution >= 4 is 22.4 Å². The monoisotopic (exact) mass is 743 g/mol. The second-order valence-corrected chi connectivity index (χ2v) is 30.2. The molecule has 0 bridgehead atoms. The SMILES string of the molecule is C=C1/C(=C\C=C2/CCC[C@@]3(C)C2CCC3[C@H](C)C(O)CC(=O)C2(C(O)CCCC)CC2)CC(O[Si](C)(C)C(C)(C)C)CC1O[Si](C)(C)C(C)(C)C. The van der Waals surface area contributed by atoms with Crippen LogP contribution < -0.4 is 0 Å². The Labute approximate surface area is 315 Å². The number of fused-ring (bicyclic) bond motifs is 1. The minimum atomic E-state index is -2.03. The molecule has 4 rings (SSSR count). The minimum absolute atomic E-state index is 0.0286. The van der Waals surface area contributed by atoms with E-state index in [0.717, 1.165) is 69.8 Å². The first-order valence-electron chi connectivity index (χ1n) is 20.7. The van der Waals surface area contributed by atoms with Gasteiger partial charge in [-0.1, -0.05) is 99.5 Å². The average molecular weight is 743 g/mol. The van der Waals surface area contributed by atoms with Crippen LogP contribution in [0.5, 0.6) is 0 Å². The average Bonchev–Trinajstić information content (AvgIpc) is 3.75. The van der Waals surface area contributed by atoms with Gasteiger partial charge < -0.3 is 19.1 Å². The summed E-state index contributed by atoms with van der Waals surface area (Å²) in [6.45, 7) is 34.7. The van der Waals surface area contributed by atoms with Gasteiger partial charge in [0.1, 0.15) is 5.78 Å². The minimum Gasteiger partial charge on any atom is -0.413 e. The molecule has 8 atom stereocenters. The third kappa shape index (κ3) is 9.18. The molecule has 6 unspecified atom stereocenters. The summed E-state index contributed by atoms with van der Waals surface area (Å²) in [6.07, 6.45) is 15.4. The van der Waals surface area contributed by atoms with Gasteiger partial charge in [-0.05, 0) is 128 Å². The molecule has 292 valence electrons. The van der Waals surface area contributed by atoms with Crippen LogP contribution in [0.1, 0.15) is 146 Å². The lowest BCUT2D eigenvalue weighted by Gasteiger charge is -2.46. The van der Waals surface area contributed by atoms with Crippen molar-refractivity contribution in [2.45, 2.75) is 206 Å². The van der Waals surface area contributed by atoms with E-state index in [-0.39, 0.29) is 45.8 Å². The Morgan fingerprint density at radius 1 is 0.980 bits per heavy atom. The molecule has 2 N–H and O–H groups in total. The molecule has 0 aliphatic heterocycles. The van der Waals surface area contributed by atoms with Gasteiger partial charge in [-0.15, -0.1) is 0 Å². The van der Waals surface area contributed by atoms with Gasteiger partial charge >= 0.3 is 0 Å². The molecule has 4 aliphatic rings. The molecule has 51 heavy (non-hydrogen) atoms. The first-order chi connectivity index (χ1) is 23.4. The van der Waals surface area contributed by atoms with E-state index in [1.54, 1.807) is 0 Å². The van der Waals surface area contributed by atoms with Gasteiger partial charge in [0.05, 0.1) is 29.8 Å². The molecule has 0 amide bonds. The maximum absolute atomic E-state index is 13.5. The number of unbranched alkanes of at least 4 members (excludes halogenated alkanes) is 1. The molecule has 0 aromatic heterocycles. The number of Topliss-reactive ketones (excluding diaryl/α,β-unsaturated/α-hetero) is 1. The number of ketones is 1. The summed E-state index contributed by atoms with van der Waals surface area (Å²) in [5, 5.41) is 22.6. The van der Waals surface area contributed by atoms with E-state index >= 15 is 0 Å². The number of hydrogen-bond donors (Lipinski definition) is 2. The Bertz CT molecular complexity index is 1310. The Hall–Kier alpha value is -0.836. The van der Waals surface area contributed by atoms with E-state index in [9.17, 15) is 15.0 Å². The molecular formula is C44H78O5Si2. The highest BCUT2D eigenvalue weighted by molar-refractivity contribution is 6.74. The highest BCUT2D eigenvalue weighted by Crippen LogP contribution is 2.60. The van der Waals surface area contributed by atoms with Gasteiger partial charge in [-0.2, -0.15) is 0 Å². The Balaban J connectivity index is 1.53. The lowest BCUT2D eigenvalue weighted by atomic mass is 9.60. The molecule has 5 nitrogen and oxygen atoms in total. The quantitative estimate of drug-likeness (QED) is 0.173. The largest absolute Gasteiger partial charge is 0.413 e. The Morgan fingerprint density at radius 3 is 2.16 bits per heavy atom. The topological polar surface area (TPSA) is 76.0 Å². The summed E-state index contributed by atoms with van der Waals surface area (Å²) < 4.78 is 14.2. The second kappa shape index (κ2) is 15.7. The van der Waals surface area contributed by atoms with Crippen LogP contribution in [0, 0.1) is 28.6 Å². The molecule has 0 radical (unpaired) electrons. The molecular weight excluding hydrogens is 665 g/mol. The second-order valence-electron chi connectivity index (χ2n) is 20.7. The van der Waals surface area contributed by atoms with E-state index in [0.29, 0.717) is 18.3 Å². The van der Waals surface area contributed by atoms with E-state index in [2.05, 4.69) is 107 Å². The van der Waals surface area contributed by atoms with Crippen molar-refractivity contribution in [3.63, 3.8) is 0 Å². The third-order valence-corrected chi connectivity index (χ3v) is 24.2. The van der Waals surface area contributed by atoms with Gasteiger partial charge in [0.2, 0.25) is 0 Å². The van der Waals surface area contributed by atoms with Crippen LogP contribution in [-0.2, 0) is 13.6 Å². The van der Waals surface area contributed by atoms with Gasteiger partial charge in [0.25, 0.3) is 0 Å². The van der Waals surface area contributed by atoms with Crippen molar-refractivity contribution in [2.24, 2.45) is 28.6 Å². The molecule has 0 heterocycles. The van der Waals surface area contributed by atoms with Crippen LogP contribution in [0.25, 0.3) is 0 Å². The standard InChI is InChI=1S/C44H78O5Si2/c1-15-16-19-39(46)44(25-26-44)40(47)29-37(45)31(3)35-22-23-36-32(18-17-24-43(35,36)10)20-21-33-27-34(48-50(11,12)41(4,5)6)28-38(30(33)2)49-51(13,14)42(7,8)9/h20-21,31,34-39,45-46H,2,15-19,22-29H2,1,3-14H3/b32-20+,33-21-/t31-,34?,35?,36?,37?,38?,39?,43+/m0/s1. The summed E-state index contributed by atoms with van der Waals surface area (Å²) in [5.41, 5.74) is 3.45. The number of carbonyl (C=O) groups excluding carboxylic acids is 1. The van der Waals surface area contributed by atoms with Crippen LogP contribution in [-0.4, -0.2) is 57.0 Å². The fourth-order valence-electron chi connectivity index (χ4n) is 9.36. The van der Waals surface area contributed by atoms with Crippen LogP contribution in [0.4, 0.5) is 0 Å². The van der Waals surface area contributed by atoms with Crippen LogP contribution in [0.15, 0.2) is 35.5 Å². The fourth-order valence-corrected chi connectivity index (χ4v) is 12.0. The van der Waals surface area contributed by atoms with Gasteiger partial charge in [0.15, 0.2) is 16.6 Å². The number of aliphatic hydroxyl groups excluding tert-OH is 2. The van der Waals surface area contributed by atoms with Crippen molar-refractivity contribution < 1.29 is 23.9 Å². The summed E-state index contributed by atoms with van der Waals surface area (Å²) in [7, 11) is -4.01. The summed E-state index contributed by atoms with van der Waals surface area (Å²) >= 11 is 0. The maximum atomic E-state index is 13.5. The number of hydrogen-bond acceptors (Lipinski definition) is 5. The van der Waals surface area contributed by atoms with Crippen molar-refractivity contribution in [1.82, 2.24) is 0 Å². The summed E-state index contributed by atoms with van der Waals surface area (Å²) in [6, 6.07) is 0. The molecule has 0 aromatic carbocycles. The molecule has 0 saturated heterocycles.